The second kappa shape index (κ2) is 6.99. The molecule has 0 aliphatic rings. The maximum absolute atomic E-state index is 10.5. The predicted molar refractivity (Wildman–Crippen MR) is 99.5 cm³/mol. The monoisotopic (exact) mass is 361 g/mol. The molecule has 0 aliphatic heterocycles. The van der Waals surface area contributed by atoms with Crippen LogP contribution in [0.3, 0.4) is 0 Å². The molecule has 0 spiro atoms. The van der Waals surface area contributed by atoms with E-state index >= 15 is 0 Å². The lowest BCUT2D eigenvalue weighted by Crippen LogP contribution is -2.05. The summed E-state index contributed by atoms with van der Waals surface area (Å²) >= 11 is 0. The largest absolute Gasteiger partial charge is 0.493 e. The summed E-state index contributed by atoms with van der Waals surface area (Å²) in [6.07, 6.45) is 12.2. The molecule has 8 nitrogen and oxygen atoms in total. The molecule has 0 bridgehead atoms. The van der Waals surface area contributed by atoms with E-state index in [4.69, 9.17) is 0 Å². The van der Waals surface area contributed by atoms with Gasteiger partial charge in [-0.25, -0.2) is 9.97 Å². The van der Waals surface area contributed by atoms with Crippen LogP contribution in [0.2, 0.25) is 0 Å². The number of aromatic hydroxyl groups is 1. The normalized spacial score (nSPS) is 11.2. The summed E-state index contributed by atoms with van der Waals surface area (Å²) in [5.74, 6) is 0.390. The molecule has 0 unspecified atom stereocenters. The van der Waals surface area contributed by atoms with Crippen LogP contribution in [0.15, 0.2) is 55.6 Å². The zero-order valence-electron chi connectivity index (χ0n) is 15.1. The van der Waals surface area contributed by atoms with Gasteiger partial charge in [-0.2, -0.15) is 10.1 Å². The maximum atomic E-state index is 10.5. The molecular formula is C19H19N7O. The van der Waals surface area contributed by atoms with Crippen LogP contribution in [0.5, 0.6) is 5.88 Å². The Hall–Kier alpha value is -3.55. The first-order valence-corrected chi connectivity index (χ1v) is 8.63. The lowest BCUT2D eigenvalue weighted by molar-refractivity contribution is 0.440. The van der Waals surface area contributed by atoms with Crippen molar-refractivity contribution in [3.63, 3.8) is 0 Å². The molecule has 0 saturated carbocycles. The third kappa shape index (κ3) is 3.41. The molecule has 0 aromatic carbocycles. The van der Waals surface area contributed by atoms with Crippen molar-refractivity contribution in [1.29, 1.82) is 0 Å². The minimum Gasteiger partial charge on any atom is -0.493 e. The Morgan fingerprint density at radius 2 is 2.00 bits per heavy atom. The Morgan fingerprint density at radius 3 is 2.70 bits per heavy atom. The fourth-order valence-electron chi connectivity index (χ4n) is 2.94. The van der Waals surface area contributed by atoms with E-state index in [1.54, 1.807) is 35.7 Å². The molecule has 0 saturated heterocycles. The lowest BCUT2D eigenvalue weighted by atomic mass is 9.99. The van der Waals surface area contributed by atoms with Gasteiger partial charge in [0.1, 0.15) is 6.33 Å². The summed E-state index contributed by atoms with van der Waals surface area (Å²) < 4.78 is 3.49. The Labute approximate surface area is 156 Å². The highest BCUT2D eigenvalue weighted by molar-refractivity contribution is 5.65. The average molecular weight is 361 g/mol. The first kappa shape index (κ1) is 16.9. The zero-order valence-corrected chi connectivity index (χ0v) is 15.1. The maximum Gasteiger partial charge on any atom is 0.238 e. The fourth-order valence-corrected chi connectivity index (χ4v) is 2.94. The number of rotatable bonds is 5. The molecule has 0 atom stereocenters. The molecule has 0 aliphatic carbocycles. The van der Waals surface area contributed by atoms with E-state index in [-0.39, 0.29) is 11.8 Å². The summed E-state index contributed by atoms with van der Waals surface area (Å²) in [6.45, 7) is 4.61. The third-order valence-electron chi connectivity index (χ3n) is 4.20. The van der Waals surface area contributed by atoms with Gasteiger partial charge in [0.25, 0.3) is 0 Å². The second-order valence-electron chi connectivity index (χ2n) is 6.52. The van der Waals surface area contributed by atoms with Crippen LogP contribution < -0.4 is 0 Å². The van der Waals surface area contributed by atoms with Gasteiger partial charge in [0, 0.05) is 42.1 Å². The minimum absolute atomic E-state index is 0.0290. The molecule has 1 N–H and O–H groups in total. The summed E-state index contributed by atoms with van der Waals surface area (Å²) in [6, 6.07) is 3.90. The van der Waals surface area contributed by atoms with E-state index in [0.717, 1.165) is 11.1 Å². The molecule has 4 aromatic heterocycles. The van der Waals surface area contributed by atoms with Gasteiger partial charge >= 0.3 is 0 Å². The van der Waals surface area contributed by atoms with Gasteiger partial charge in [0.05, 0.1) is 18.4 Å². The number of nitrogens with zero attached hydrogens (tertiary/aromatic N) is 7. The van der Waals surface area contributed by atoms with Gasteiger partial charge in [-0.05, 0) is 17.5 Å². The predicted octanol–water partition coefficient (Wildman–Crippen LogP) is 2.80. The van der Waals surface area contributed by atoms with Crippen molar-refractivity contribution in [3.05, 3.63) is 66.8 Å². The number of aromatic nitrogens is 7. The quantitative estimate of drug-likeness (QED) is 0.587. The van der Waals surface area contributed by atoms with Crippen molar-refractivity contribution < 1.29 is 5.11 Å². The first-order valence-electron chi connectivity index (χ1n) is 8.63. The van der Waals surface area contributed by atoms with E-state index in [9.17, 15) is 5.11 Å². The summed E-state index contributed by atoms with van der Waals surface area (Å²) in [5, 5.41) is 15.0. The topological polar surface area (TPSA) is 94.5 Å². The van der Waals surface area contributed by atoms with Gasteiger partial charge < -0.3 is 5.11 Å². The number of hydrogen-bond acceptors (Lipinski definition) is 6. The van der Waals surface area contributed by atoms with Gasteiger partial charge in [0.2, 0.25) is 11.8 Å². The Bertz CT molecular complexity index is 1040. The SMILES string of the molecule is CC(C)c1c(O)nc(-n2ccnc2)nc1-c1cnn(Cc2cccnc2)c1. The molecule has 4 heterocycles. The van der Waals surface area contributed by atoms with Crippen LogP contribution in [-0.4, -0.2) is 39.4 Å². The van der Waals surface area contributed by atoms with Gasteiger partial charge in [-0.15, -0.1) is 0 Å². The van der Waals surface area contributed by atoms with Crippen molar-refractivity contribution in [2.45, 2.75) is 26.3 Å². The van der Waals surface area contributed by atoms with Crippen molar-refractivity contribution in [2.24, 2.45) is 0 Å². The zero-order chi connectivity index (χ0) is 18.8. The number of hydrogen-bond donors (Lipinski definition) is 1. The molecule has 4 rings (SSSR count). The van der Waals surface area contributed by atoms with Crippen molar-refractivity contribution in [2.75, 3.05) is 0 Å². The van der Waals surface area contributed by atoms with Gasteiger partial charge in [-0.3, -0.25) is 14.2 Å². The molecule has 0 fully saturated rings. The second-order valence-corrected chi connectivity index (χ2v) is 6.52. The van der Waals surface area contributed by atoms with Crippen molar-refractivity contribution >= 4 is 0 Å². The number of imidazole rings is 1. The third-order valence-corrected chi connectivity index (χ3v) is 4.20. The average Bonchev–Trinajstić information content (AvgIpc) is 3.33. The van der Waals surface area contributed by atoms with Crippen LogP contribution in [0.25, 0.3) is 17.2 Å². The molecule has 27 heavy (non-hydrogen) atoms. The Morgan fingerprint density at radius 1 is 1.11 bits per heavy atom. The van der Waals surface area contributed by atoms with E-state index in [1.165, 1.54) is 0 Å². The highest BCUT2D eigenvalue weighted by Gasteiger charge is 2.20. The van der Waals surface area contributed by atoms with E-state index < -0.39 is 0 Å². The highest BCUT2D eigenvalue weighted by atomic mass is 16.3. The number of pyridine rings is 1. The van der Waals surface area contributed by atoms with Gasteiger partial charge in [-0.1, -0.05) is 19.9 Å². The lowest BCUT2D eigenvalue weighted by Gasteiger charge is -2.14. The van der Waals surface area contributed by atoms with Crippen LogP contribution in [-0.2, 0) is 6.54 Å². The van der Waals surface area contributed by atoms with Crippen LogP contribution in [0.4, 0.5) is 0 Å². The Kier molecular flexibility index (Phi) is 4.37. The highest BCUT2D eigenvalue weighted by Crippen LogP contribution is 2.33. The van der Waals surface area contributed by atoms with E-state index in [1.807, 2.05) is 43.1 Å². The van der Waals surface area contributed by atoms with Crippen LogP contribution >= 0.6 is 0 Å². The summed E-state index contributed by atoms with van der Waals surface area (Å²) in [5.41, 5.74) is 3.24. The molecule has 136 valence electrons. The first-order chi connectivity index (χ1) is 13.1. The summed E-state index contributed by atoms with van der Waals surface area (Å²) in [4.78, 5) is 17.1. The molecule has 0 radical (unpaired) electrons. The molecule has 4 aromatic rings. The molecule has 8 heteroatoms. The van der Waals surface area contributed by atoms with E-state index in [0.29, 0.717) is 23.8 Å². The molecule has 0 amide bonds. The molecular weight excluding hydrogens is 342 g/mol. The van der Waals surface area contributed by atoms with Crippen LogP contribution in [0.1, 0.15) is 30.9 Å². The Balaban J connectivity index is 1.76. The smallest absolute Gasteiger partial charge is 0.238 e. The van der Waals surface area contributed by atoms with Crippen molar-refractivity contribution in [1.82, 2.24) is 34.3 Å². The minimum atomic E-state index is -0.0290. The van der Waals surface area contributed by atoms with Gasteiger partial charge in [0.15, 0.2) is 0 Å². The summed E-state index contributed by atoms with van der Waals surface area (Å²) in [7, 11) is 0. The van der Waals surface area contributed by atoms with Crippen LogP contribution in [0, 0.1) is 0 Å². The van der Waals surface area contributed by atoms with E-state index in [2.05, 4.69) is 25.0 Å². The van der Waals surface area contributed by atoms with Crippen molar-refractivity contribution in [3.8, 4) is 23.1 Å². The standard InChI is InChI=1S/C19H19N7O/c1-13(2)16-17(23-19(24-18(16)27)25-7-6-21-12-25)15-9-22-26(11-15)10-14-4-3-5-20-8-14/h3-9,11-13H,10H2,1-2H3,(H,23,24,27). The fraction of sp³-hybridized carbons (Fsp3) is 0.211.